The van der Waals surface area contributed by atoms with E-state index < -0.39 is 11.9 Å². The van der Waals surface area contributed by atoms with E-state index in [1.807, 2.05) is 20.8 Å². The number of carboxylic acid groups (broad SMARTS) is 1. The Hall–Kier alpha value is -1.59. The molecule has 0 radical (unpaired) electrons. The fourth-order valence-electron chi connectivity index (χ4n) is 2.90. The predicted molar refractivity (Wildman–Crippen MR) is 78.6 cm³/mol. The van der Waals surface area contributed by atoms with E-state index >= 15 is 0 Å². The average molecular weight is 298 g/mol. The van der Waals surface area contributed by atoms with Gasteiger partial charge in [0.1, 0.15) is 0 Å². The van der Waals surface area contributed by atoms with Gasteiger partial charge in [0.2, 0.25) is 11.8 Å². The zero-order valence-corrected chi connectivity index (χ0v) is 13.5. The summed E-state index contributed by atoms with van der Waals surface area (Å²) >= 11 is 0. The zero-order valence-electron chi connectivity index (χ0n) is 13.5. The first-order valence-corrected chi connectivity index (χ1v) is 7.36. The zero-order chi connectivity index (χ0) is 16.4. The van der Waals surface area contributed by atoms with E-state index in [1.54, 1.807) is 13.8 Å². The lowest BCUT2D eigenvalue weighted by atomic mass is 9.81. The highest BCUT2D eigenvalue weighted by Crippen LogP contribution is 2.30. The van der Waals surface area contributed by atoms with Gasteiger partial charge < -0.3 is 15.3 Å². The molecule has 2 amide bonds. The summed E-state index contributed by atoms with van der Waals surface area (Å²) in [5.74, 6) is -1.84. The molecule has 1 saturated heterocycles. The minimum Gasteiger partial charge on any atom is -0.481 e. The molecule has 21 heavy (non-hydrogen) atoms. The highest BCUT2D eigenvalue weighted by atomic mass is 16.4. The first-order chi connectivity index (χ1) is 9.53. The standard InChI is InChI=1S/C15H26N2O4/c1-9-8-12(19)17(10(2)13(9)14(20)21)7-6-11(18)16-15(3,4)5/h9-10,13H,6-8H2,1-5H3,(H,16,18)(H,20,21). The third-order valence-corrected chi connectivity index (χ3v) is 3.82. The Morgan fingerprint density at radius 3 is 2.38 bits per heavy atom. The fraction of sp³-hybridized carbons (Fsp3) is 0.800. The van der Waals surface area contributed by atoms with Crippen LogP contribution in [0.5, 0.6) is 0 Å². The largest absolute Gasteiger partial charge is 0.481 e. The summed E-state index contributed by atoms with van der Waals surface area (Å²) in [5, 5.41) is 12.1. The lowest BCUT2D eigenvalue weighted by molar-refractivity contribution is -0.154. The molecule has 1 heterocycles. The SMILES string of the molecule is CC1CC(=O)N(CCC(=O)NC(C)(C)C)C(C)C1C(=O)O. The van der Waals surface area contributed by atoms with Crippen LogP contribution in [0.4, 0.5) is 0 Å². The van der Waals surface area contributed by atoms with Gasteiger partial charge in [0.15, 0.2) is 0 Å². The van der Waals surface area contributed by atoms with E-state index in [4.69, 9.17) is 0 Å². The number of carbonyl (C=O) groups excluding carboxylic acids is 2. The number of amides is 2. The summed E-state index contributed by atoms with van der Waals surface area (Å²) in [5.41, 5.74) is -0.313. The van der Waals surface area contributed by atoms with E-state index in [2.05, 4.69) is 5.32 Å². The molecule has 1 aliphatic heterocycles. The van der Waals surface area contributed by atoms with E-state index in [-0.39, 0.29) is 48.7 Å². The summed E-state index contributed by atoms with van der Waals surface area (Å²) in [7, 11) is 0. The lowest BCUT2D eigenvalue weighted by Crippen LogP contribution is -2.53. The van der Waals surface area contributed by atoms with Crippen molar-refractivity contribution in [2.24, 2.45) is 11.8 Å². The van der Waals surface area contributed by atoms with Gasteiger partial charge >= 0.3 is 5.97 Å². The first-order valence-electron chi connectivity index (χ1n) is 7.36. The smallest absolute Gasteiger partial charge is 0.308 e. The molecule has 0 bridgehead atoms. The summed E-state index contributed by atoms with van der Waals surface area (Å²) in [6.45, 7) is 9.47. The first kappa shape index (κ1) is 17.5. The molecule has 6 heteroatoms. The maximum Gasteiger partial charge on any atom is 0.308 e. The number of likely N-dealkylation sites (tertiary alicyclic amines) is 1. The van der Waals surface area contributed by atoms with Gasteiger partial charge in [-0.05, 0) is 33.6 Å². The number of rotatable bonds is 4. The van der Waals surface area contributed by atoms with Crippen LogP contribution >= 0.6 is 0 Å². The van der Waals surface area contributed by atoms with Crippen molar-refractivity contribution in [3.63, 3.8) is 0 Å². The Balaban J connectivity index is 2.67. The number of nitrogens with zero attached hydrogens (tertiary/aromatic N) is 1. The molecule has 6 nitrogen and oxygen atoms in total. The predicted octanol–water partition coefficient (Wildman–Crippen LogP) is 1.25. The molecule has 2 N–H and O–H groups in total. The van der Waals surface area contributed by atoms with Crippen molar-refractivity contribution in [3.8, 4) is 0 Å². The van der Waals surface area contributed by atoms with Gasteiger partial charge in [0, 0.05) is 31.0 Å². The second-order valence-corrected chi connectivity index (χ2v) is 6.92. The summed E-state index contributed by atoms with van der Waals surface area (Å²) in [6, 6.07) is -0.388. The highest BCUT2D eigenvalue weighted by Gasteiger charge is 2.41. The van der Waals surface area contributed by atoms with Crippen LogP contribution in [-0.4, -0.2) is 45.9 Å². The van der Waals surface area contributed by atoms with Crippen molar-refractivity contribution in [1.82, 2.24) is 10.2 Å². The lowest BCUT2D eigenvalue weighted by Gasteiger charge is -2.40. The van der Waals surface area contributed by atoms with Crippen molar-refractivity contribution in [3.05, 3.63) is 0 Å². The van der Waals surface area contributed by atoms with Gasteiger partial charge in [-0.1, -0.05) is 6.92 Å². The molecule has 0 spiro atoms. The van der Waals surface area contributed by atoms with E-state index in [0.29, 0.717) is 0 Å². The molecule has 0 aliphatic carbocycles. The van der Waals surface area contributed by atoms with Crippen LogP contribution in [0, 0.1) is 11.8 Å². The van der Waals surface area contributed by atoms with E-state index in [1.165, 1.54) is 4.90 Å². The summed E-state index contributed by atoms with van der Waals surface area (Å²) < 4.78 is 0. The number of hydrogen-bond acceptors (Lipinski definition) is 3. The molecule has 0 aromatic rings. The molecule has 1 aliphatic rings. The Labute approximate surface area is 125 Å². The van der Waals surface area contributed by atoms with Crippen molar-refractivity contribution in [1.29, 1.82) is 0 Å². The van der Waals surface area contributed by atoms with Crippen LogP contribution in [0.2, 0.25) is 0 Å². The molecule has 1 fully saturated rings. The van der Waals surface area contributed by atoms with E-state index in [9.17, 15) is 19.5 Å². The van der Waals surface area contributed by atoms with Gasteiger partial charge in [-0.15, -0.1) is 0 Å². The summed E-state index contributed by atoms with van der Waals surface area (Å²) in [6.07, 6.45) is 0.413. The van der Waals surface area contributed by atoms with Crippen LogP contribution in [0.1, 0.15) is 47.5 Å². The molecule has 3 unspecified atom stereocenters. The number of carboxylic acids is 1. The van der Waals surface area contributed by atoms with E-state index in [0.717, 1.165) is 0 Å². The molecular formula is C15H26N2O4. The third-order valence-electron chi connectivity index (χ3n) is 3.82. The monoisotopic (exact) mass is 298 g/mol. The topological polar surface area (TPSA) is 86.7 Å². The van der Waals surface area contributed by atoms with Crippen molar-refractivity contribution in [2.75, 3.05) is 6.54 Å². The normalized spacial score (nSPS) is 26.6. The minimum atomic E-state index is -0.883. The van der Waals surface area contributed by atoms with Crippen LogP contribution < -0.4 is 5.32 Å². The second kappa shape index (κ2) is 6.45. The second-order valence-electron chi connectivity index (χ2n) is 6.92. The highest BCUT2D eigenvalue weighted by molar-refractivity contribution is 5.83. The number of nitrogens with one attached hydrogen (secondary N) is 1. The van der Waals surface area contributed by atoms with Crippen LogP contribution in [0.3, 0.4) is 0 Å². The molecule has 0 saturated carbocycles. The van der Waals surface area contributed by atoms with Crippen molar-refractivity contribution >= 4 is 17.8 Å². The van der Waals surface area contributed by atoms with Crippen LogP contribution in [0.15, 0.2) is 0 Å². The Morgan fingerprint density at radius 2 is 1.90 bits per heavy atom. The van der Waals surface area contributed by atoms with Gasteiger partial charge in [-0.2, -0.15) is 0 Å². The maximum atomic E-state index is 12.1. The quantitative estimate of drug-likeness (QED) is 0.817. The van der Waals surface area contributed by atoms with Crippen LogP contribution in [-0.2, 0) is 14.4 Å². The molecule has 0 aromatic carbocycles. The van der Waals surface area contributed by atoms with Gasteiger partial charge in [0.25, 0.3) is 0 Å². The Kier molecular flexibility index (Phi) is 5.36. The molecule has 120 valence electrons. The average Bonchev–Trinajstić information content (AvgIpc) is 2.24. The maximum absolute atomic E-state index is 12.1. The van der Waals surface area contributed by atoms with Crippen molar-refractivity contribution < 1.29 is 19.5 Å². The molecule has 0 aromatic heterocycles. The molecular weight excluding hydrogens is 272 g/mol. The number of hydrogen-bond donors (Lipinski definition) is 2. The fourth-order valence-corrected chi connectivity index (χ4v) is 2.90. The molecule has 1 rings (SSSR count). The Morgan fingerprint density at radius 1 is 1.33 bits per heavy atom. The number of aliphatic carboxylic acids is 1. The number of carbonyl (C=O) groups is 3. The van der Waals surface area contributed by atoms with Gasteiger partial charge in [-0.3, -0.25) is 14.4 Å². The molecule has 3 atom stereocenters. The Bertz CT molecular complexity index is 428. The summed E-state index contributed by atoms with van der Waals surface area (Å²) in [4.78, 5) is 36.8. The third kappa shape index (κ3) is 4.72. The minimum absolute atomic E-state index is 0.0731. The van der Waals surface area contributed by atoms with Gasteiger partial charge in [0.05, 0.1) is 5.92 Å². The van der Waals surface area contributed by atoms with Gasteiger partial charge in [-0.25, -0.2) is 0 Å². The number of piperidine rings is 1. The van der Waals surface area contributed by atoms with Crippen molar-refractivity contribution in [2.45, 2.75) is 59.0 Å². The van der Waals surface area contributed by atoms with Crippen LogP contribution in [0.25, 0.3) is 0 Å².